The monoisotopic (exact) mass is 516 g/mol. The number of nitrogens with zero attached hydrogens (tertiary/aromatic N) is 3. The summed E-state index contributed by atoms with van der Waals surface area (Å²) >= 11 is 17.2. The van der Waals surface area contributed by atoms with E-state index in [1.54, 1.807) is 19.1 Å². The van der Waals surface area contributed by atoms with Crippen molar-refractivity contribution < 1.29 is 22.1 Å². The highest BCUT2D eigenvalue weighted by Crippen LogP contribution is 2.42. The van der Waals surface area contributed by atoms with E-state index in [1.807, 2.05) is 0 Å². The first kappa shape index (κ1) is 24.7. The molecule has 0 saturated carbocycles. The maximum absolute atomic E-state index is 14.1. The molecule has 0 radical (unpaired) electrons. The summed E-state index contributed by atoms with van der Waals surface area (Å²) in [6, 6.07) is 5.85. The SMILES string of the molecule is C\C=C/C=C(Cl)\C(=C\F)c1noc(-c2cnn(-c3ccccc3Cl)c2C(F)(F)F)c1C(N)=S. The third-order valence-corrected chi connectivity index (χ3v) is 5.21. The molecule has 12 heteroatoms. The Morgan fingerprint density at radius 2 is 1.97 bits per heavy atom. The van der Waals surface area contributed by atoms with Gasteiger partial charge in [0.15, 0.2) is 11.5 Å². The summed E-state index contributed by atoms with van der Waals surface area (Å²) in [7, 11) is 0. The van der Waals surface area contributed by atoms with Gasteiger partial charge < -0.3 is 10.3 Å². The third kappa shape index (κ3) is 4.87. The van der Waals surface area contributed by atoms with Crippen molar-refractivity contribution in [1.29, 1.82) is 0 Å². The zero-order valence-electron chi connectivity index (χ0n) is 16.7. The largest absolute Gasteiger partial charge is 0.434 e. The van der Waals surface area contributed by atoms with E-state index in [0.717, 1.165) is 6.20 Å². The third-order valence-electron chi connectivity index (χ3n) is 4.36. The fraction of sp³-hybridized carbons (Fsp3) is 0.0952. The van der Waals surface area contributed by atoms with Crippen LogP contribution >= 0.6 is 35.4 Å². The van der Waals surface area contributed by atoms with Crippen LogP contribution in [-0.4, -0.2) is 19.9 Å². The van der Waals surface area contributed by atoms with Gasteiger partial charge in [0.2, 0.25) is 0 Å². The Labute approximate surface area is 200 Å². The average molecular weight is 517 g/mol. The first-order valence-electron chi connectivity index (χ1n) is 9.11. The summed E-state index contributed by atoms with van der Waals surface area (Å²) in [6.07, 6.45) is 0.676. The van der Waals surface area contributed by atoms with Crippen LogP contribution < -0.4 is 5.73 Å². The molecule has 33 heavy (non-hydrogen) atoms. The minimum Gasteiger partial charge on any atom is -0.389 e. The van der Waals surface area contributed by atoms with Gasteiger partial charge in [0.1, 0.15) is 10.7 Å². The number of thiocarbonyl (C=S) groups is 1. The second-order valence-corrected chi connectivity index (χ2v) is 7.68. The summed E-state index contributed by atoms with van der Waals surface area (Å²) in [4.78, 5) is -0.380. The van der Waals surface area contributed by atoms with E-state index in [-0.39, 0.29) is 43.9 Å². The number of hydrogen-bond donors (Lipinski definition) is 1. The van der Waals surface area contributed by atoms with Crippen LogP contribution in [0.2, 0.25) is 5.02 Å². The smallest absolute Gasteiger partial charge is 0.389 e. The highest BCUT2D eigenvalue weighted by atomic mass is 35.5. The maximum atomic E-state index is 14.1. The summed E-state index contributed by atoms with van der Waals surface area (Å²) in [5.41, 5.74) is 3.25. The lowest BCUT2D eigenvalue weighted by molar-refractivity contribution is -0.142. The lowest BCUT2D eigenvalue weighted by Crippen LogP contribution is -2.16. The van der Waals surface area contributed by atoms with Gasteiger partial charge in [-0.25, -0.2) is 9.07 Å². The van der Waals surface area contributed by atoms with E-state index in [0.29, 0.717) is 4.68 Å². The molecule has 0 unspecified atom stereocenters. The van der Waals surface area contributed by atoms with Crippen LogP contribution in [0.25, 0.3) is 22.6 Å². The van der Waals surface area contributed by atoms with Crippen molar-refractivity contribution >= 4 is 46.0 Å². The maximum Gasteiger partial charge on any atom is 0.434 e. The molecule has 3 aromatic rings. The molecule has 172 valence electrons. The van der Waals surface area contributed by atoms with Gasteiger partial charge in [0.25, 0.3) is 0 Å². The number of para-hydroxylation sites is 1. The first-order valence-corrected chi connectivity index (χ1v) is 10.3. The van der Waals surface area contributed by atoms with Crippen LogP contribution in [0.1, 0.15) is 23.9 Å². The van der Waals surface area contributed by atoms with Crippen LogP contribution in [-0.2, 0) is 6.18 Å². The minimum absolute atomic E-state index is 0.0176. The number of allylic oxidation sites excluding steroid dienone is 5. The zero-order valence-corrected chi connectivity index (χ0v) is 19.0. The van der Waals surface area contributed by atoms with E-state index in [2.05, 4.69) is 10.3 Å². The van der Waals surface area contributed by atoms with Gasteiger partial charge in [0, 0.05) is 0 Å². The molecule has 0 saturated heterocycles. The Morgan fingerprint density at radius 3 is 2.55 bits per heavy atom. The Morgan fingerprint density at radius 1 is 1.27 bits per heavy atom. The van der Waals surface area contributed by atoms with Crippen LogP contribution in [0.5, 0.6) is 0 Å². The molecule has 0 spiro atoms. The molecular formula is C21H14Cl2F4N4OS. The highest BCUT2D eigenvalue weighted by Gasteiger charge is 2.41. The number of rotatable bonds is 6. The van der Waals surface area contributed by atoms with Crippen molar-refractivity contribution in [3.8, 4) is 17.0 Å². The topological polar surface area (TPSA) is 69.9 Å². The van der Waals surface area contributed by atoms with Gasteiger partial charge in [0.05, 0.1) is 45.0 Å². The van der Waals surface area contributed by atoms with E-state index in [4.69, 9.17) is 45.7 Å². The molecule has 0 aliphatic carbocycles. The fourth-order valence-electron chi connectivity index (χ4n) is 2.97. The average Bonchev–Trinajstić information content (AvgIpc) is 3.37. The standard InChI is InChI=1S/C21H14Cl2F4N4OS/c1-2-3-6-13(22)11(9-24)17-16(20(28)33)18(32-30-17)12-10-29-31(19(12)21(25,26)27)15-8-5-4-7-14(15)23/h2-10H,1H3,(H2,28,33)/b3-2-,11-9-,13-6+. The Kier molecular flexibility index (Phi) is 7.41. The van der Waals surface area contributed by atoms with Gasteiger partial charge in [-0.3, -0.25) is 0 Å². The quantitative estimate of drug-likeness (QED) is 0.220. The first-order chi connectivity index (χ1) is 15.6. The number of alkyl halides is 3. The van der Waals surface area contributed by atoms with E-state index >= 15 is 0 Å². The number of benzene rings is 1. The molecule has 2 heterocycles. The number of aromatic nitrogens is 3. The van der Waals surface area contributed by atoms with E-state index in [9.17, 15) is 17.6 Å². The second kappa shape index (κ2) is 9.90. The van der Waals surface area contributed by atoms with Crippen LogP contribution in [0.3, 0.4) is 0 Å². The van der Waals surface area contributed by atoms with Gasteiger partial charge in [-0.05, 0) is 25.1 Å². The van der Waals surface area contributed by atoms with Crippen molar-refractivity contribution in [3.05, 3.63) is 82.0 Å². The van der Waals surface area contributed by atoms with Gasteiger partial charge in [-0.2, -0.15) is 18.3 Å². The Hall–Kier alpha value is -2.95. The van der Waals surface area contributed by atoms with Crippen LogP contribution in [0.15, 0.2) is 64.6 Å². The Bertz CT molecular complexity index is 1290. The lowest BCUT2D eigenvalue weighted by atomic mass is 10.0. The summed E-state index contributed by atoms with van der Waals surface area (Å²) in [6.45, 7) is 1.71. The highest BCUT2D eigenvalue weighted by molar-refractivity contribution is 7.80. The number of hydrogen-bond acceptors (Lipinski definition) is 4. The predicted molar refractivity (Wildman–Crippen MR) is 123 cm³/mol. The molecule has 0 fully saturated rings. The van der Waals surface area contributed by atoms with Crippen molar-refractivity contribution in [2.75, 3.05) is 0 Å². The summed E-state index contributed by atoms with van der Waals surface area (Å²) < 4.78 is 61.9. The fourth-order valence-corrected chi connectivity index (χ4v) is 3.58. The zero-order chi connectivity index (χ0) is 24.3. The molecule has 3 rings (SSSR count). The molecule has 0 bridgehead atoms. The van der Waals surface area contributed by atoms with Crippen LogP contribution in [0.4, 0.5) is 17.6 Å². The molecular weight excluding hydrogens is 503 g/mol. The normalized spacial score (nSPS) is 13.2. The van der Waals surface area contributed by atoms with E-state index < -0.39 is 23.2 Å². The van der Waals surface area contributed by atoms with Gasteiger partial charge in [-0.15, -0.1) is 0 Å². The molecule has 0 atom stereocenters. The summed E-state index contributed by atoms with van der Waals surface area (Å²) in [5.74, 6) is -0.446. The summed E-state index contributed by atoms with van der Waals surface area (Å²) in [5, 5.41) is 7.49. The van der Waals surface area contributed by atoms with Crippen LogP contribution in [0, 0.1) is 0 Å². The molecule has 2 aromatic heterocycles. The van der Waals surface area contributed by atoms with Crippen molar-refractivity contribution in [2.45, 2.75) is 13.1 Å². The molecule has 0 amide bonds. The molecule has 2 N–H and O–H groups in total. The molecule has 0 aliphatic rings. The van der Waals surface area contributed by atoms with E-state index in [1.165, 1.54) is 30.4 Å². The second-order valence-electron chi connectivity index (χ2n) is 6.43. The molecule has 0 aliphatic heterocycles. The Balaban J connectivity index is 2.29. The predicted octanol–water partition coefficient (Wildman–Crippen LogP) is 6.84. The van der Waals surface area contributed by atoms with Crippen molar-refractivity contribution in [1.82, 2.24) is 14.9 Å². The van der Waals surface area contributed by atoms with Crippen molar-refractivity contribution in [3.63, 3.8) is 0 Å². The van der Waals surface area contributed by atoms with Gasteiger partial charge in [-0.1, -0.05) is 64.9 Å². The number of nitrogens with two attached hydrogens (primary N) is 1. The minimum atomic E-state index is -4.90. The molecule has 1 aromatic carbocycles. The van der Waals surface area contributed by atoms with Crippen molar-refractivity contribution in [2.24, 2.45) is 5.73 Å². The van der Waals surface area contributed by atoms with Gasteiger partial charge >= 0.3 is 6.18 Å². The lowest BCUT2D eigenvalue weighted by Gasteiger charge is -2.13. The molecule has 5 nitrogen and oxygen atoms in total. The number of halogens is 6.